The zero-order chi connectivity index (χ0) is 8.57. The van der Waals surface area contributed by atoms with Gasteiger partial charge in [0, 0.05) is 5.57 Å². The number of esters is 1. The molecule has 0 N–H and O–H groups in total. The average molecular weight is 144 g/mol. The van der Waals surface area contributed by atoms with Crippen molar-refractivity contribution in [1.29, 1.82) is 0 Å². The van der Waals surface area contributed by atoms with Crippen LogP contribution in [-0.4, -0.2) is 13.1 Å². The fourth-order valence-electron chi connectivity index (χ4n) is 0.289. The van der Waals surface area contributed by atoms with Crippen molar-refractivity contribution in [3.8, 4) is 0 Å². The van der Waals surface area contributed by atoms with E-state index in [0.717, 1.165) is 0 Å². The second-order valence-electron chi connectivity index (χ2n) is 1.45. The number of carbonyl (C=O) groups is 1. The van der Waals surface area contributed by atoms with E-state index < -0.39 is 0 Å². The highest BCUT2D eigenvalue weighted by Gasteiger charge is 2.00. The van der Waals surface area contributed by atoms with Crippen LogP contribution in [0.25, 0.3) is 0 Å². The van der Waals surface area contributed by atoms with Crippen LogP contribution in [-0.2, 0) is 9.53 Å². The number of rotatable bonds is 2. The average Bonchev–Trinajstić information content (AvgIpc) is 2.05. The third kappa shape index (κ3) is 5.35. The minimum absolute atomic E-state index is 0.312. The lowest BCUT2D eigenvalue weighted by molar-refractivity contribution is -0.136. The first-order chi connectivity index (χ1) is 4.72. The number of hydrogen-bond donors (Lipinski definition) is 0. The largest absolute Gasteiger partial charge is 0.466 e. The van der Waals surface area contributed by atoms with Crippen LogP contribution in [0.15, 0.2) is 12.2 Å². The molecule has 0 aromatic rings. The SMILES string of the molecule is C=C(CC)C(=O)OC.CC. The first-order valence-corrected chi connectivity index (χ1v) is 3.48. The van der Waals surface area contributed by atoms with Crippen LogP contribution in [0.3, 0.4) is 0 Å². The predicted octanol–water partition coefficient (Wildman–Crippen LogP) is 2.15. The molecule has 2 nitrogen and oxygen atoms in total. The normalized spacial score (nSPS) is 7.20. The fraction of sp³-hybridized carbons (Fsp3) is 0.625. The fourth-order valence-corrected chi connectivity index (χ4v) is 0.289. The summed E-state index contributed by atoms with van der Waals surface area (Å²) >= 11 is 0. The van der Waals surface area contributed by atoms with Gasteiger partial charge in [0.15, 0.2) is 0 Å². The van der Waals surface area contributed by atoms with Gasteiger partial charge in [-0.2, -0.15) is 0 Å². The summed E-state index contributed by atoms with van der Waals surface area (Å²) in [6, 6.07) is 0. The molecule has 0 atom stereocenters. The Morgan fingerprint density at radius 2 is 1.90 bits per heavy atom. The summed E-state index contributed by atoms with van der Waals surface area (Å²) < 4.78 is 4.36. The second-order valence-corrected chi connectivity index (χ2v) is 1.45. The Labute approximate surface area is 62.9 Å². The monoisotopic (exact) mass is 144 g/mol. The maximum atomic E-state index is 10.4. The number of methoxy groups -OCH3 is 1. The van der Waals surface area contributed by atoms with Crippen molar-refractivity contribution < 1.29 is 9.53 Å². The molecule has 0 aliphatic carbocycles. The molecule has 0 heterocycles. The molecule has 60 valence electrons. The molecule has 0 rings (SSSR count). The Morgan fingerprint density at radius 1 is 1.50 bits per heavy atom. The van der Waals surface area contributed by atoms with Crippen molar-refractivity contribution in [2.24, 2.45) is 0 Å². The Hall–Kier alpha value is -0.790. The van der Waals surface area contributed by atoms with E-state index >= 15 is 0 Å². The van der Waals surface area contributed by atoms with E-state index in [0.29, 0.717) is 12.0 Å². The minimum atomic E-state index is -0.312. The molecule has 0 saturated heterocycles. The van der Waals surface area contributed by atoms with E-state index in [2.05, 4.69) is 11.3 Å². The van der Waals surface area contributed by atoms with Gasteiger partial charge in [-0.15, -0.1) is 0 Å². The lowest BCUT2D eigenvalue weighted by atomic mass is 10.2. The molecule has 0 spiro atoms. The van der Waals surface area contributed by atoms with Crippen LogP contribution in [0.4, 0.5) is 0 Å². The summed E-state index contributed by atoms with van der Waals surface area (Å²) in [5, 5.41) is 0. The van der Waals surface area contributed by atoms with Crippen molar-refractivity contribution in [3.63, 3.8) is 0 Å². The van der Waals surface area contributed by atoms with Gasteiger partial charge in [0.1, 0.15) is 0 Å². The third-order valence-corrected chi connectivity index (χ3v) is 0.901. The van der Waals surface area contributed by atoms with Gasteiger partial charge in [0.2, 0.25) is 0 Å². The summed E-state index contributed by atoms with van der Waals surface area (Å²) in [4.78, 5) is 10.4. The highest BCUT2D eigenvalue weighted by Crippen LogP contribution is 1.96. The van der Waals surface area contributed by atoms with Gasteiger partial charge >= 0.3 is 5.97 Å². The molecular formula is C8H16O2. The van der Waals surface area contributed by atoms with E-state index in [9.17, 15) is 4.79 Å². The first kappa shape index (κ1) is 11.9. The Balaban J connectivity index is 0. The smallest absolute Gasteiger partial charge is 0.333 e. The Morgan fingerprint density at radius 3 is 2.00 bits per heavy atom. The lowest BCUT2D eigenvalue weighted by Crippen LogP contribution is -2.01. The van der Waals surface area contributed by atoms with E-state index in [1.165, 1.54) is 7.11 Å². The molecule has 0 amide bonds. The molecule has 0 aromatic heterocycles. The van der Waals surface area contributed by atoms with Crippen LogP contribution in [0.2, 0.25) is 0 Å². The van der Waals surface area contributed by atoms with Gasteiger partial charge in [0.25, 0.3) is 0 Å². The minimum Gasteiger partial charge on any atom is -0.466 e. The Kier molecular flexibility index (Phi) is 9.80. The number of carbonyl (C=O) groups excluding carboxylic acids is 1. The quantitative estimate of drug-likeness (QED) is 0.438. The van der Waals surface area contributed by atoms with Crippen molar-refractivity contribution >= 4 is 5.97 Å². The van der Waals surface area contributed by atoms with Crippen LogP contribution < -0.4 is 0 Å². The van der Waals surface area contributed by atoms with Gasteiger partial charge in [-0.1, -0.05) is 27.4 Å². The van der Waals surface area contributed by atoms with Crippen LogP contribution in [0.5, 0.6) is 0 Å². The van der Waals surface area contributed by atoms with E-state index in [1.807, 2.05) is 20.8 Å². The van der Waals surface area contributed by atoms with E-state index in [-0.39, 0.29) is 5.97 Å². The molecule has 0 aromatic carbocycles. The van der Waals surface area contributed by atoms with Crippen LogP contribution in [0.1, 0.15) is 27.2 Å². The van der Waals surface area contributed by atoms with Gasteiger partial charge < -0.3 is 4.74 Å². The zero-order valence-corrected chi connectivity index (χ0v) is 7.23. The van der Waals surface area contributed by atoms with Gasteiger partial charge in [-0.3, -0.25) is 0 Å². The molecule has 0 aliphatic rings. The summed E-state index contributed by atoms with van der Waals surface area (Å²) in [5.41, 5.74) is 0.521. The van der Waals surface area contributed by atoms with Crippen molar-refractivity contribution in [3.05, 3.63) is 12.2 Å². The number of ether oxygens (including phenoxy) is 1. The first-order valence-electron chi connectivity index (χ1n) is 3.48. The highest BCUT2D eigenvalue weighted by atomic mass is 16.5. The van der Waals surface area contributed by atoms with Gasteiger partial charge in [0.05, 0.1) is 7.11 Å². The highest BCUT2D eigenvalue weighted by molar-refractivity contribution is 5.87. The van der Waals surface area contributed by atoms with E-state index in [4.69, 9.17) is 0 Å². The van der Waals surface area contributed by atoms with Gasteiger partial charge in [-0.25, -0.2) is 4.79 Å². The third-order valence-electron chi connectivity index (χ3n) is 0.901. The van der Waals surface area contributed by atoms with Crippen LogP contribution in [0, 0.1) is 0 Å². The summed E-state index contributed by atoms with van der Waals surface area (Å²) in [6.45, 7) is 9.33. The second kappa shape index (κ2) is 8.21. The molecule has 10 heavy (non-hydrogen) atoms. The lowest BCUT2D eigenvalue weighted by Gasteiger charge is -1.95. The zero-order valence-electron chi connectivity index (χ0n) is 7.23. The number of hydrogen-bond acceptors (Lipinski definition) is 2. The topological polar surface area (TPSA) is 26.3 Å². The molecule has 0 radical (unpaired) electrons. The molecule has 0 unspecified atom stereocenters. The molecule has 2 heteroatoms. The molecule has 0 bridgehead atoms. The van der Waals surface area contributed by atoms with Crippen molar-refractivity contribution in [2.75, 3.05) is 7.11 Å². The maximum absolute atomic E-state index is 10.4. The van der Waals surface area contributed by atoms with Crippen molar-refractivity contribution in [2.45, 2.75) is 27.2 Å². The van der Waals surface area contributed by atoms with Crippen LogP contribution >= 0.6 is 0 Å². The summed E-state index contributed by atoms with van der Waals surface area (Å²) in [5.74, 6) is -0.312. The standard InChI is InChI=1S/C6H10O2.C2H6/c1-4-5(2)6(7)8-3;1-2/h2,4H2,1,3H3;1-2H3. The Bertz CT molecular complexity index is 91.8. The molecule has 0 aliphatic heterocycles. The molecular weight excluding hydrogens is 128 g/mol. The summed E-state index contributed by atoms with van der Waals surface area (Å²) in [7, 11) is 1.35. The molecule has 0 fully saturated rings. The predicted molar refractivity (Wildman–Crippen MR) is 42.8 cm³/mol. The van der Waals surface area contributed by atoms with E-state index in [1.54, 1.807) is 0 Å². The van der Waals surface area contributed by atoms with Crippen molar-refractivity contribution in [1.82, 2.24) is 0 Å². The maximum Gasteiger partial charge on any atom is 0.333 e. The van der Waals surface area contributed by atoms with Gasteiger partial charge in [-0.05, 0) is 6.42 Å². The summed E-state index contributed by atoms with van der Waals surface area (Å²) in [6.07, 6.45) is 0.659. The molecule has 0 saturated carbocycles.